The van der Waals surface area contributed by atoms with Crippen LogP contribution in [-0.4, -0.2) is 60.5 Å². The summed E-state index contributed by atoms with van der Waals surface area (Å²) < 4.78 is 11.6. The van der Waals surface area contributed by atoms with E-state index in [-0.39, 0.29) is 12.1 Å². The third-order valence-corrected chi connectivity index (χ3v) is 5.66. The Balaban J connectivity index is 1.19. The minimum atomic E-state index is -0.666. The fourth-order valence-corrected chi connectivity index (χ4v) is 3.77. The number of nitrogens with zero attached hydrogens (tertiary/aromatic N) is 1. The largest absolute Gasteiger partial charge is 0.486 e. The number of benzene rings is 2. The molecule has 0 spiro atoms. The summed E-state index contributed by atoms with van der Waals surface area (Å²) in [5.74, 6) is 1.38. The molecule has 2 atom stereocenters. The number of ether oxygens (including phenoxy) is 2. The normalized spacial score (nSPS) is 19.9. The average molecular weight is 412 g/mol. The Bertz CT molecular complexity index is 850. The number of likely N-dealkylation sites (tertiary alicyclic amines) is 1. The Morgan fingerprint density at radius 3 is 2.57 bits per heavy atom. The summed E-state index contributed by atoms with van der Waals surface area (Å²) in [6.45, 7) is 4.14. The minimum Gasteiger partial charge on any atom is -0.486 e. The molecule has 2 aromatic rings. The zero-order chi connectivity index (χ0) is 20.9. The number of anilines is 1. The number of fused-ring (bicyclic) bond motifs is 1. The van der Waals surface area contributed by atoms with Crippen LogP contribution in [0.2, 0.25) is 0 Å². The number of rotatable bonds is 5. The molecule has 7 heteroatoms. The van der Waals surface area contributed by atoms with Gasteiger partial charge in [0.1, 0.15) is 12.7 Å². The topological polar surface area (TPSA) is 83.1 Å². The van der Waals surface area contributed by atoms with E-state index in [1.807, 2.05) is 60.4 Å². The van der Waals surface area contributed by atoms with E-state index in [1.54, 1.807) is 0 Å². The van der Waals surface area contributed by atoms with Crippen molar-refractivity contribution in [1.82, 2.24) is 10.2 Å². The van der Waals surface area contributed by atoms with Gasteiger partial charge in [-0.3, -0.25) is 0 Å². The van der Waals surface area contributed by atoms with E-state index in [9.17, 15) is 9.90 Å². The van der Waals surface area contributed by atoms with Crippen LogP contribution >= 0.6 is 0 Å². The highest BCUT2D eigenvalue weighted by Gasteiger charge is 2.29. The number of piperidine rings is 1. The van der Waals surface area contributed by atoms with Gasteiger partial charge in [0, 0.05) is 31.4 Å². The number of carbonyl (C=O) groups excluding carboxylic acids is 1. The molecule has 4 rings (SSSR count). The number of aryl methyl sites for hydroxylation is 1. The summed E-state index contributed by atoms with van der Waals surface area (Å²) in [6.07, 6.45) is 0.631. The van der Waals surface area contributed by atoms with Gasteiger partial charge >= 0.3 is 6.03 Å². The van der Waals surface area contributed by atoms with Crippen LogP contribution in [0, 0.1) is 6.92 Å². The smallest absolute Gasteiger partial charge is 0.321 e. The lowest BCUT2D eigenvalue weighted by Crippen LogP contribution is -2.50. The Hall–Kier alpha value is -2.77. The third kappa shape index (κ3) is 5.04. The second-order valence-electron chi connectivity index (χ2n) is 7.95. The molecule has 0 aliphatic carbocycles. The molecule has 2 aliphatic rings. The maximum Gasteiger partial charge on any atom is 0.321 e. The first-order chi connectivity index (χ1) is 14.6. The van der Waals surface area contributed by atoms with E-state index >= 15 is 0 Å². The van der Waals surface area contributed by atoms with Gasteiger partial charge in [-0.2, -0.15) is 0 Å². The first-order valence-electron chi connectivity index (χ1n) is 10.5. The van der Waals surface area contributed by atoms with Gasteiger partial charge in [0.05, 0.1) is 0 Å². The van der Waals surface area contributed by atoms with E-state index in [0.29, 0.717) is 37.7 Å². The predicted molar refractivity (Wildman–Crippen MR) is 115 cm³/mol. The lowest BCUT2D eigenvalue weighted by atomic mass is 10.0. The van der Waals surface area contributed by atoms with Crippen molar-refractivity contribution in [2.24, 2.45) is 0 Å². The highest BCUT2D eigenvalue weighted by Crippen LogP contribution is 2.31. The molecule has 2 aliphatic heterocycles. The lowest BCUT2D eigenvalue weighted by molar-refractivity contribution is -0.0108. The number of aliphatic hydroxyl groups is 1. The van der Waals surface area contributed by atoms with Gasteiger partial charge in [-0.25, -0.2) is 4.79 Å². The number of hydrogen-bond acceptors (Lipinski definition) is 5. The van der Waals surface area contributed by atoms with Crippen LogP contribution < -0.4 is 20.1 Å². The Kier molecular flexibility index (Phi) is 6.40. The van der Waals surface area contributed by atoms with E-state index in [1.165, 1.54) is 0 Å². The van der Waals surface area contributed by atoms with Gasteiger partial charge in [0.2, 0.25) is 0 Å². The first kappa shape index (κ1) is 20.5. The summed E-state index contributed by atoms with van der Waals surface area (Å²) in [6, 6.07) is 15.5. The number of amides is 2. The maximum atomic E-state index is 12.5. The van der Waals surface area contributed by atoms with Gasteiger partial charge < -0.3 is 30.1 Å². The van der Waals surface area contributed by atoms with Crippen molar-refractivity contribution >= 4 is 11.7 Å². The fraction of sp³-hybridized carbons (Fsp3) is 0.435. The van der Waals surface area contributed by atoms with Crippen molar-refractivity contribution in [3.8, 4) is 11.5 Å². The Labute approximate surface area is 177 Å². The zero-order valence-corrected chi connectivity index (χ0v) is 17.2. The second kappa shape index (κ2) is 9.36. The predicted octanol–water partition coefficient (Wildman–Crippen LogP) is 2.78. The van der Waals surface area contributed by atoms with Crippen molar-refractivity contribution in [2.45, 2.75) is 38.0 Å². The lowest BCUT2D eigenvalue weighted by Gasteiger charge is -2.34. The van der Waals surface area contributed by atoms with Gasteiger partial charge in [0.25, 0.3) is 0 Å². The highest BCUT2D eigenvalue weighted by molar-refractivity contribution is 5.89. The van der Waals surface area contributed by atoms with Gasteiger partial charge in [0.15, 0.2) is 17.6 Å². The van der Waals surface area contributed by atoms with Crippen LogP contribution in [0.25, 0.3) is 0 Å². The number of carbonyl (C=O) groups is 1. The van der Waals surface area contributed by atoms with Crippen LogP contribution in [0.15, 0.2) is 48.5 Å². The molecule has 2 heterocycles. The summed E-state index contributed by atoms with van der Waals surface area (Å²) in [5.41, 5.74) is 1.97. The molecule has 0 aromatic heterocycles. The summed E-state index contributed by atoms with van der Waals surface area (Å²) in [5, 5.41) is 16.9. The van der Waals surface area contributed by atoms with Crippen LogP contribution in [0.5, 0.6) is 11.5 Å². The molecule has 3 N–H and O–H groups in total. The molecule has 160 valence electrons. The van der Waals surface area contributed by atoms with Crippen molar-refractivity contribution in [3.05, 3.63) is 54.1 Å². The van der Waals surface area contributed by atoms with Crippen LogP contribution in [0.1, 0.15) is 18.4 Å². The number of hydrogen-bond donors (Lipinski definition) is 3. The minimum absolute atomic E-state index is 0.0660. The van der Waals surface area contributed by atoms with E-state index in [0.717, 1.165) is 24.1 Å². The van der Waals surface area contributed by atoms with Crippen molar-refractivity contribution in [1.29, 1.82) is 0 Å². The van der Waals surface area contributed by atoms with E-state index in [4.69, 9.17) is 9.47 Å². The van der Waals surface area contributed by atoms with Crippen molar-refractivity contribution in [2.75, 3.05) is 31.6 Å². The zero-order valence-electron chi connectivity index (χ0n) is 17.2. The molecule has 2 amide bonds. The number of aliphatic hydroxyl groups excluding tert-OH is 1. The molecule has 30 heavy (non-hydrogen) atoms. The van der Waals surface area contributed by atoms with Crippen molar-refractivity contribution in [3.63, 3.8) is 0 Å². The molecule has 7 nitrogen and oxygen atoms in total. The average Bonchev–Trinajstić information content (AvgIpc) is 2.79. The first-order valence-corrected chi connectivity index (χ1v) is 10.5. The summed E-state index contributed by atoms with van der Waals surface area (Å²) in [7, 11) is 0. The molecule has 1 saturated heterocycles. The number of urea groups is 1. The molecule has 2 unspecified atom stereocenters. The molecule has 0 bridgehead atoms. The molecule has 2 aromatic carbocycles. The standard InChI is InChI=1S/C23H29N3O4/c1-16-6-8-18(9-7-16)25-23(28)26-12-10-17(11-13-26)24-14-19(27)22-15-29-20-4-2-3-5-21(20)30-22/h2-9,17,19,22,24,27H,10-15H2,1H3,(H,25,28). The molecule has 0 saturated carbocycles. The Morgan fingerprint density at radius 2 is 1.83 bits per heavy atom. The molecular formula is C23H29N3O4. The molecule has 1 fully saturated rings. The fourth-order valence-electron chi connectivity index (χ4n) is 3.77. The third-order valence-electron chi connectivity index (χ3n) is 5.66. The monoisotopic (exact) mass is 411 g/mol. The van der Waals surface area contributed by atoms with E-state index in [2.05, 4.69) is 10.6 Å². The van der Waals surface area contributed by atoms with Crippen LogP contribution in [0.4, 0.5) is 10.5 Å². The Morgan fingerprint density at radius 1 is 1.13 bits per heavy atom. The van der Waals surface area contributed by atoms with Crippen LogP contribution in [-0.2, 0) is 0 Å². The SMILES string of the molecule is Cc1ccc(NC(=O)N2CCC(NCC(O)C3COc4ccccc4O3)CC2)cc1. The number of para-hydroxylation sites is 2. The maximum absolute atomic E-state index is 12.5. The van der Waals surface area contributed by atoms with Gasteiger partial charge in [-0.15, -0.1) is 0 Å². The van der Waals surface area contributed by atoms with Gasteiger partial charge in [-0.1, -0.05) is 29.8 Å². The van der Waals surface area contributed by atoms with E-state index < -0.39 is 12.2 Å². The van der Waals surface area contributed by atoms with Crippen LogP contribution in [0.3, 0.4) is 0 Å². The molecule has 0 radical (unpaired) electrons. The second-order valence-corrected chi connectivity index (χ2v) is 7.95. The molecular weight excluding hydrogens is 382 g/mol. The number of nitrogens with one attached hydrogen (secondary N) is 2. The van der Waals surface area contributed by atoms with Gasteiger partial charge in [-0.05, 0) is 44.0 Å². The summed E-state index contributed by atoms with van der Waals surface area (Å²) >= 11 is 0. The van der Waals surface area contributed by atoms with Crippen molar-refractivity contribution < 1.29 is 19.4 Å². The summed E-state index contributed by atoms with van der Waals surface area (Å²) in [4.78, 5) is 14.3. The highest BCUT2D eigenvalue weighted by atomic mass is 16.6. The quantitative estimate of drug-likeness (QED) is 0.705.